The summed E-state index contributed by atoms with van der Waals surface area (Å²) in [7, 11) is 0. The Morgan fingerprint density at radius 2 is 1.96 bits per heavy atom. The molecule has 1 amide bonds. The molecule has 1 aliphatic rings. The van der Waals surface area contributed by atoms with E-state index in [-0.39, 0.29) is 5.91 Å². The summed E-state index contributed by atoms with van der Waals surface area (Å²) in [5.41, 5.74) is 1.32. The molecule has 4 nitrogen and oxygen atoms in total. The number of aromatic nitrogens is 1. The second kappa shape index (κ2) is 8.04. The highest BCUT2D eigenvalue weighted by molar-refractivity contribution is 7.10. The van der Waals surface area contributed by atoms with Gasteiger partial charge in [-0.1, -0.05) is 6.07 Å². The van der Waals surface area contributed by atoms with Crippen LogP contribution >= 0.6 is 11.3 Å². The molecule has 0 unspecified atom stereocenters. The van der Waals surface area contributed by atoms with Gasteiger partial charge in [-0.3, -0.25) is 14.7 Å². The van der Waals surface area contributed by atoms with Gasteiger partial charge in [0.15, 0.2) is 0 Å². The molecule has 0 N–H and O–H groups in total. The Bertz CT molecular complexity index is 632. The van der Waals surface area contributed by atoms with E-state index >= 15 is 0 Å². The van der Waals surface area contributed by atoms with E-state index < -0.39 is 0 Å². The molecule has 1 fully saturated rings. The maximum absolute atomic E-state index is 12.2. The summed E-state index contributed by atoms with van der Waals surface area (Å²) in [5.74, 6) is 0.118. The number of rotatable bonds is 5. The van der Waals surface area contributed by atoms with Gasteiger partial charge in [0.05, 0.1) is 0 Å². The van der Waals surface area contributed by atoms with Crippen molar-refractivity contribution in [2.75, 3.05) is 32.7 Å². The van der Waals surface area contributed by atoms with Crippen LogP contribution in [-0.4, -0.2) is 53.4 Å². The average molecular weight is 327 g/mol. The van der Waals surface area contributed by atoms with Gasteiger partial charge in [0, 0.05) is 56.1 Å². The first-order chi connectivity index (χ1) is 11.3. The van der Waals surface area contributed by atoms with E-state index in [2.05, 4.69) is 22.0 Å². The molecule has 5 heteroatoms. The van der Waals surface area contributed by atoms with Crippen molar-refractivity contribution in [3.8, 4) is 0 Å². The molecule has 0 aromatic carbocycles. The molecule has 0 saturated carbocycles. The van der Waals surface area contributed by atoms with Crippen molar-refractivity contribution in [3.05, 3.63) is 58.6 Å². The van der Waals surface area contributed by atoms with E-state index in [1.807, 2.05) is 40.9 Å². The number of piperazine rings is 1. The van der Waals surface area contributed by atoms with Crippen LogP contribution in [0.1, 0.15) is 10.4 Å². The number of amides is 1. The van der Waals surface area contributed by atoms with Gasteiger partial charge in [0.25, 0.3) is 0 Å². The molecule has 2 aromatic heterocycles. The fourth-order valence-corrected chi connectivity index (χ4v) is 3.29. The third kappa shape index (κ3) is 4.74. The van der Waals surface area contributed by atoms with Crippen molar-refractivity contribution < 1.29 is 4.79 Å². The van der Waals surface area contributed by atoms with E-state index in [9.17, 15) is 4.79 Å². The summed E-state index contributed by atoms with van der Waals surface area (Å²) >= 11 is 1.65. The highest BCUT2D eigenvalue weighted by Gasteiger charge is 2.19. The molecule has 0 aliphatic carbocycles. The highest BCUT2D eigenvalue weighted by Crippen LogP contribution is 2.11. The second-order valence-corrected chi connectivity index (χ2v) is 6.60. The Hall–Kier alpha value is -1.98. The standard InChI is InChI=1S/C18H21N3OS/c22-18(4-3-17-2-1-15-23-17)21-13-11-20(12-14-21)10-7-16-5-8-19-9-6-16/h1-6,8-9,15H,7,10-14H2/b4-3+. The predicted octanol–water partition coefficient (Wildman–Crippen LogP) is 2.54. The monoisotopic (exact) mass is 327 g/mol. The van der Waals surface area contributed by atoms with Crippen LogP contribution in [0.5, 0.6) is 0 Å². The summed E-state index contributed by atoms with van der Waals surface area (Å²) < 4.78 is 0. The molecule has 3 rings (SSSR count). The molecule has 120 valence electrons. The van der Waals surface area contributed by atoms with Crippen LogP contribution in [0, 0.1) is 0 Å². The lowest BCUT2D eigenvalue weighted by Crippen LogP contribution is -2.48. The van der Waals surface area contributed by atoms with Crippen molar-refractivity contribution in [1.82, 2.24) is 14.8 Å². The predicted molar refractivity (Wildman–Crippen MR) is 94.3 cm³/mol. The van der Waals surface area contributed by atoms with Crippen LogP contribution < -0.4 is 0 Å². The quantitative estimate of drug-likeness (QED) is 0.792. The Balaban J connectivity index is 1.42. The fraction of sp³-hybridized carbons (Fsp3) is 0.333. The summed E-state index contributed by atoms with van der Waals surface area (Å²) in [6.45, 7) is 4.55. The van der Waals surface area contributed by atoms with E-state index in [0.717, 1.165) is 44.0 Å². The minimum Gasteiger partial charge on any atom is -0.337 e. The minimum absolute atomic E-state index is 0.118. The van der Waals surface area contributed by atoms with Gasteiger partial charge in [-0.2, -0.15) is 0 Å². The normalized spacial score (nSPS) is 16.1. The number of hydrogen-bond acceptors (Lipinski definition) is 4. The van der Waals surface area contributed by atoms with Gasteiger partial charge in [-0.15, -0.1) is 11.3 Å². The molecule has 0 bridgehead atoms. The second-order valence-electron chi connectivity index (χ2n) is 5.62. The van der Waals surface area contributed by atoms with E-state index in [1.165, 1.54) is 5.56 Å². The van der Waals surface area contributed by atoms with Crippen molar-refractivity contribution >= 4 is 23.3 Å². The number of carbonyl (C=O) groups excluding carboxylic acids is 1. The van der Waals surface area contributed by atoms with Gasteiger partial charge in [0.2, 0.25) is 5.91 Å². The summed E-state index contributed by atoms with van der Waals surface area (Å²) in [6.07, 6.45) is 8.31. The number of hydrogen-bond donors (Lipinski definition) is 0. The van der Waals surface area contributed by atoms with Crippen molar-refractivity contribution in [2.24, 2.45) is 0 Å². The zero-order valence-electron chi connectivity index (χ0n) is 13.1. The molecule has 0 spiro atoms. The maximum Gasteiger partial charge on any atom is 0.246 e. The first kappa shape index (κ1) is 15.9. The fourth-order valence-electron chi connectivity index (χ4n) is 2.67. The topological polar surface area (TPSA) is 36.4 Å². The van der Waals surface area contributed by atoms with Crippen LogP contribution in [0.4, 0.5) is 0 Å². The Kier molecular flexibility index (Phi) is 5.56. The Labute approximate surface area is 141 Å². The molecule has 3 heterocycles. The third-order valence-corrected chi connectivity index (χ3v) is 4.92. The van der Waals surface area contributed by atoms with E-state index in [1.54, 1.807) is 17.4 Å². The molecule has 1 saturated heterocycles. The van der Waals surface area contributed by atoms with Gasteiger partial charge in [-0.05, 0) is 41.6 Å². The van der Waals surface area contributed by atoms with E-state index in [4.69, 9.17) is 0 Å². The zero-order valence-corrected chi connectivity index (χ0v) is 13.9. The summed E-state index contributed by atoms with van der Waals surface area (Å²) in [6, 6.07) is 8.15. The first-order valence-corrected chi connectivity index (χ1v) is 8.81. The van der Waals surface area contributed by atoms with Crippen molar-refractivity contribution in [2.45, 2.75) is 6.42 Å². The van der Waals surface area contributed by atoms with Gasteiger partial charge in [0.1, 0.15) is 0 Å². The molecule has 1 aliphatic heterocycles. The third-order valence-electron chi connectivity index (χ3n) is 4.08. The van der Waals surface area contributed by atoms with E-state index in [0.29, 0.717) is 0 Å². The average Bonchev–Trinajstić information content (AvgIpc) is 3.13. The Morgan fingerprint density at radius 3 is 2.65 bits per heavy atom. The van der Waals surface area contributed by atoms with Crippen LogP contribution in [-0.2, 0) is 11.2 Å². The smallest absolute Gasteiger partial charge is 0.246 e. The number of nitrogens with zero attached hydrogens (tertiary/aromatic N) is 3. The molecular weight excluding hydrogens is 306 g/mol. The molecular formula is C18H21N3OS. The number of pyridine rings is 1. The lowest BCUT2D eigenvalue weighted by atomic mass is 10.2. The molecule has 23 heavy (non-hydrogen) atoms. The molecule has 2 aromatic rings. The van der Waals surface area contributed by atoms with Crippen LogP contribution in [0.25, 0.3) is 6.08 Å². The lowest BCUT2D eigenvalue weighted by Gasteiger charge is -2.34. The van der Waals surface area contributed by atoms with Crippen molar-refractivity contribution in [3.63, 3.8) is 0 Å². The maximum atomic E-state index is 12.2. The van der Waals surface area contributed by atoms with Gasteiger partial charge >= 0.3 is 0 Å². The number of carbonyl (C=O) groups is 1. The van der Waals surface area contributed by atoms with Crippen LogP contribution in [0.2, 0.25) is 0 Å². The largest absolute Gasteiger partial charge is 0.337 e. The Morgan fingerprint density at radius 1 is 1.17 bits per heavy atom. The number of thiophene rings is 1. The molecule has 0 radical (unpaired) electrons. The SMILES string of the molecule is O=C(/C=C/c1cccs1)N1CCN(CCc2ccncc2)CC1. The van der Waals surface area contributed by atoms with Gasteiger partial charge in [-0.25, -0.2) is 0 Å². The first-order valence-electron chi connectivity index (χ1n) is 7.93. The zero-order chi connectivity index (χ0) is 15.9. The summed E-state index contributed by atoms with van der Waals surface area (Å²) in [4.78, 5) is 21.7. The summed E-state index contributed by atoms with van der Waals surface area (Å²) in [5, 5.41) is 2.02. The minimum atomic E-state index is 0.118. The van der Waals surface area contributed by atoms with Crippen molar-refractivity contribution in [1.29, 1.82) is 0 Å². The van der Waals surface area contributed by atoms with Gasteiger partial charge < -0.3 is 4.90 Å². The van der Waals surface area contributed by atoms with Crippen LogP contribution in [0.3, 0.4) is 0 Å². The molecule has 0 atom stereocenters. The lowest BCUT2D eigenvalue weighted by molar-refractivity contribution is -0.127. The van der Waals surface area contributed by atoms with Crippen LogP contribution in [0.15, 0.2) is 48.1 Å². The highest BCUT2D eigenvalue weighted by atomic mass is 32.1.